The predicted molar refractivity (Wildman–Crippen MR) is 73.5 cm³/mol. The molecule has 19 heavy (non-hydrogen) atoms. The number of aryl methyl sites for hydroxylation is 1. The van der Waals surface area contributed by atoms with Crippen molar-refractivity contribution in [2.24, 2.45) is 0 Å². The van der Waals surface area contributed by atoms with Gasteiger partial charge in [0.15, 0.2) is 0 Å². The van der Waals surface area contributed by atoms with E-state index in [0.717, 1.165) is 50.5 Å². The molecule has 3 rings (SSSR count). The standard InChI is InChI=1S/C16H22FNO/c17-13-6-7-14-12(10-13)4-3-5-15(14)18-11-16(19)8-1-2-9-16/h6-7,10,15,18-19H,1-5,8-9,11H2. The first-order chi connectivity index (χ1) is 9.16. The van der Waals surface area contributed by atoms with E-state index in [1.165, 1.54) is 5.56 Å². The van der Waals surface area contributed by atoms with Crippen LogP contribution in [0.3, 0.4) is 0 Å². The summed E-state index contributed by atoms with van der Waals surface area (Å²) in [5, 5.41) is 13.9. The molecule has 1 unspecified atom stereocenters. The second-order valence-electron chi connectivity index (χ2n) is 6.10. The minimum Gasteiger partial charge on any atom is -0.389 e. The summed E-state index contributed by atoms with van der Waals surface area (Å²) in [5.41, 5.74) is 1.83. The van der Waals surface area contributed by atoms with Crippen molar-refractivity contribution >= 4 is 0 Å². The van der Waals surface area contributed by atoms with Crippen molar-refractivity contribution in [2.75, 3.05) is 6.54 Å². The van der Waals surface area contributed by atoms with Crippen LogP contribution in [-0.2, 0) is 6.42 Å². The number of nitrogens with one attached hydrogen (secondary N) is 1. The molecule has 104 valence electrons. The van der Waals surface area contributed by atoms with Crippen molar-refractivity contribution in [1.82, 2.24) is 5.32 Å². The smallest absolute Gasteiger partial charge is 0.123 e. The molecule has 1 atom stereocenters. The van der Waals surface area contributed by atoms with Gasteiger partial charge in [0.1, 0.15) is 5.82 Å². The van der Waals surface area contributed by atoms with Crippen LogP contribution in [0.5, 0.6) is 0 Å². The summed E-state index contributed by atoms with van der Waals surface area (Å²) in [4.78, 5) is 0. The highest BCUT2D eigenvalue weighted by molar-refractivity contribution is 5.32. The molecule has 0 amide bonds. The van der Waals surface area contributed by atoms with Crippen LogP contribution in [0.1, 0.15) is 55.7 Å². The molecule has 0 aliphatic heterocycles. The van der Waals surface area contributed by atoms with Crippen molar-refractivity contribution in [3.63, 3.8) is 0 Å². The minimum atomic E-state index is -0.516. The van der Waals surface area contributed by atoms with Gasteiger partial charge in [-0.1, -0.05) is 18.9 Å². The maximum atomic E-state index is 13.3. The highest BCUT2D eigenvalue weighted by atomic mass is 19.1. The summed E-state index contributed by atoms with van der Waals surface area (Å²) >= 11 is 0. The molecule has 3 heteroatoms. The van der Waals surface area contributed by atoms with E-state index in [-0.39, 0.29) is 11.9 Å². The van der Waals surface area contributed by atoms with Crippen molar-refractivity contribution in [2.45, 2.75) is 56.6 Å². The molecule has 1 saturated carbocycles. The molecule has 0 spiro atoms. The van der Waals surface area contributed by atoms with Gasteiger partial charge >= 0.3 is 0 Å². The second kappa shape index (κ2) is 5.22. The van der Waals surface area contributed by atoms with Crippen molar-refractivity contribution in [3.8, 4) is 0 Å². The number of halogens is 1. The molecular weight excluding hydrogens is 241 g/mol. The monoisotopic (exact) mass is 263 g/mol. The molecule has 1 aromatic carbocycles. The SMILES string of the molecule is OC1(CNC2CCCc3cc(F)ccc32)CCCC1. The van der Waals surface area contributed by atoms with Crippen LogP contribution >= 0.6 is 0 Å². The van der Waals surface area contributed by atoms with Crippen LogP contribution in [0.4, 0.5) is 4.39 Å². The third-order valence-corrected chi connectivity index (χ3v) is 4.63. The average molecular weight is 263 g/mol. The lowest BCUT2D eigenvalue weighted by molar-refractivity contribution is 0.0442. The van der Waals surface area contributed by atoms with Gasteiger partial charge < -0.3 is 10.4 Å². The molecule has 2 aliphatic rings. The van der Waals surface area contributed by atoms with E-state index in [1.807, 2.05) is 6.07 Å². The Morgan fingerprint density at radius 3 is 2.84 bits per heavy atom. The Kier molecular flexibility index (Phi) is 3.59. The fourth-order valence-corrected chi connectivity index (χ4v) is 3.52. The lowest BCUT2D eigenvalue weighted by Gasteiger charge is -2.30. The van der Waals surface area contributed by atoms with Crippen molar-refractivity contribution in [1.29, 1.82) is 0 Å². The quantitative estimate of drug-likeness (QED) is 0.878. The van der Waals surface area contributed by atoms with E-state index in [2.05, 4.69) is 5.32 Å². The van der Waals surface area contributed by atoms with E-state index >= 15 is 0 Å². The van der Waals surface area contributed by atoms with E-state index in [1.54, 1.807) is 12.1 Å². The van der Waals surface area contributed by atoms with E-state index in [0.29, 0.717) is 6.54 Å². The lowest BCUT2D eigenvalue weighted by Crippen LogP contribution is -2.40. The molecule has 1 aromatic rings. The van der Waals surface area contributed by atoms with Crippen molar-refractivity contribution in [3.05, 3.63) is 35.1 Å². The van der Waals surface area contributed by atoms with Gasteiger partial charge in [-0.15, -0.1) is 0 Å². The third kappa shape index (κ3) is 2.82. The highest BCUT2D eigenvalue weighted by Crippen LogP contribution is 2.33. The van der Waals surface area contributed by atoms with Crippen LogP contribution in [0.15, 0.2) is 18.2 Å². The fraction of sp³-hybridized carbons (Fsp3) is 0.625. The summed E-state index contributed by atoms with van der Waals surface area (Å²) in [6.07, 6.45) is 7.21. The summed E-state index contributed by atoms with van der Waals surface area (Å²) < 4.78 is 13.3. The summed E-state index contributed by atoms with van der Waals surface area (Å²) in [6.45, 7) is 0.661. The number of rotatable bonds is 3. The molecule has 2 nitrogen and oxygen atoms in total. The molecule has 2 N–H and O–H groups in total. The molecule has 0 bridgehead atoms. The largest absolute Gasteiger partial charge is 0.389 e. The summed E-state index contributed by atoms with van der Waals surface area (Å²) in [7, 11) is 0. The first-order valence-corrected chi connectivity index (χ1v) is 7.40. The summed E-state index contributed by atoms with van der Waals surface area (Å²) in [6, 6.07) is 5.38. The fourth-order valence-electron chi connectivity index (χ4n) is 3.52. The van der Waals surface area contributed by atoms with Gasteiger partial charge in [-0.25, -0.2) is 4.39 Å². The number of hydrogen-bond donors (Lipinski definition) is 2. The van der Waals surface area contributed by atoms with E-state index in [4.69, 9.17) is 0 Å². The maximum absolute atomic E-state index is 13.3. The Morgan fingerprint density at radius 1 is 1.26 bits per heavy atom. The van der Waals surface area contributed by atoms with Gasteiger partial charge in [0.25, 0.3) is 0 Å². The Balaban J connectivity index is 1.69. The van der Waals surface area contributed by atoms with Crippen molar-refractivity contribution < 1.29 is 9.50 Å². The minimum absolute atomic E-state index is 0.145. The Hall–Kier alpha value is -0.930. The topological polar surface area (TPSA) is 32.3 Å². The zero-order valence-electron chi connectivity index (χ0n) is 11.3. The average Bonchev–Trinajstić information content (AvgIpc) is 2.83. The van der Waals surface area contributed by atoms with Crippen LogP contribution < -0.4 is 5.32 Å². The van der Waals surface area contributed by atoms with Gasteiger partial charge in [-0.05, 0) is 55.4 Å². The zero-order chi connectivity index (χ0) is 13.3. The molecule has 0 saturated heterocycles. The van der Waals surface area contributed by atoms with Gasteiger partial charge in [0, 0.05) is 12.6 Å². The number of hydrogen-bond acceptors (Lipinski definition) is 2. The van der Waals surface area contributed by atoms with Gasteiger partial charge in [-0.3, -0.25) is 0 Å². The Bertz CT molecular complexity index is 454. The Morgan fingerprint density at radius 2 is 2.05 bits per heavy atom. The lowest BCUT2D eigenvalue weighted by atomic mass is 9.87. The first-order valence-electron chi connectivity index (χ1n) is 7.40. The molecular formula is C16H22FNO. The molecule has 2 aliphatic carbocycles. The third-order valence-electron chi connectivity index (χ3n) is 4.63. The second-order valence-corrected chi connectivity index (χ2v) is 6.10. The number of aliphatic hydroxyl groups is 1. The van der Waals surface area contributed by atoms with E-state index < -0.39 is 5.60 Å². The van der Waals surface area contributed by atoms with Crippen LogP contribution in [0.2, 0.25) is 0 Å². The normalized spacial score (nSPS) is 25.3. The van der Waals surface area contributed by atoms with Crippen LogP contribution in [0, 0.1) is 5.82 Å². The molecule has 1 fully saturated rings. The van der Waals surface area contributed by atoms with Crippen LogP contribution in [-0.4, -0.2) is 17.3 Å². The highest BCUT2D eigenvalue weighted by Gasteiger charge is 2.32. The first kappa shape index (κ1) is 13.1. The van der Waals surface area contributed by atoms with Gasteiger partial charge in [0.05, 0.1) is 5.60 Å². The summed E-state index contributed by atoms with van der Waals surface area (Å²) in [5.74, 6) is -0.145. The van der Waals surface area contributed by atoms with Gasteiger partial charge in [-0.2, -0.15) is 0 Å². The predicted octanol–water partition coefficient (Wildman–Crippen LogP) is 3.10. The van der Waals surface area contributed by atoms with Crippen LogP contribution in [0.25, 0.3) is 0 Å². The van der Waals surface area contributed by atoms with Gasteiger partial charge in [0.2, 0.25) is 0 Å². The zero-order valence-corrected chi connectivity index (χ0v) is 11.3. The molecule has 0 heterocycles. The maximum Gasteiger partial charge on any atom is 0.123 e. The molecule has 0 radical (unpaired) electrons. The van der Waals surface area contributed by atoms with E-state index in [9.17, 15) is 9.50 Å². The molecule has 0 aromatic heterocycles. The Labute approximate surface area is 114 Å². The number of fused-ring (bicyclic) bond motifs is 1. The number of benzene rings is 1.